The maximum Gasteiger partial charge on any atom is 0.407 e. The van der Waals surface area contributed by atoms with Gasteiger partial charge in [-0.1, -0.05) is 5.16 Å². The smallest absolute Gasteiger partial charge is 0.407 e. The summed E-state index contributed by atoms with van der Waals surface area (Å²) in [4.78, 5) is 16.6. The number of hydrogen-bond donors (Lipinski definition) is 1. The molecule has 1 heterocycles. The van der Waals surface area contributed by atoms with E-state index in [-0.39, 0.29) is 17.7 Å². The lowest BCUT2D eigenvalue weighted by atomic mass is 10.2. The number of carbonyl (C=O) groups is 1. The Labute approximate surface area is 121 Å². The van der Waals surface area contributed by atoms with Gasteiger partial charge in [-0.25, -0.2) is 9.18 Å². The van der Waals surface area contributed by atoms with Crippen LogP contribution in [0.25, 0.3) is 11.5 Å². The summed E-state index contributed by atoms with van der Waals surface area (Å²) < 4.78 is 18.0. The van der Waals surface area contributed by atoms with Crippen molar-refractivity contribution in [3.05, 3.63) is 35.9 Å². The van der Waals surface area contributed by atoms with E-state index < -0.39 is 6.09 Å². The molecule has 0 aliphatic carbocycles. The molecule has 1 aromatic carbocycles. The minimum absolute atomic E-state index is 0.258. The minimum atomic E-state index is -0.979. The summed E-state index contributed by atoms with van der Waals surface area (Å²) in [6.45, 7) is 3.94. The van der Waals surface area contributed by atoms with Gasteiger partial charge in [0.15, 0.2) is 5.82 Å². The number of amides is 1. The fourth-order valence-electron chi connectivity index (χ4n) is 2.06. The zero-order valence-electron chi connectivity index (χ0n) is 11.8. The van der Waals surface area contributed by atoms with Crippen molar-refractivity contribution in [1.29, 1.82) is 0 Å². The van der Waals surface area contributed by atoms with Crippen LogP contribution < -0.4 is 0 Å². The van der Waals surface area contributed by atoms with Crippen LogP contribution in [0.5, 0.6) is 0 Å². The fraction of sp³-hybridized carbons (Fsp3) is 0.357. The van der Waals surface area contributed by atoms with Gasteiger partial charge in [0.05, 0.1) is 0 Å². The Morgan fingerprint density at radius 2 is 2.10 bits per heavy atom. The van der Waals surface area contributed by atoms with Crippen LogP contribution in [-0.2, 0) is 6.42 Å². The number of carboxylic acid groups (broad SMARTS) is 1. The molecule has 21 heavy (non-hydrogen) atoms. The van der Waals surface area contributed by atoms with Crippen LogP contribution in [0.2, 0.25) is 0 Å². The van der Waals surface area contributed by atoms with Gasteiger partial charge < -0.3 is 14.5 Å². The standard InChI is InChI=1S/C14H16FN3O3/c1-3-18(14(19)20)9(2)8-12-16-13(21-17-12)10-4-6-11(15)7-5-10/h4-7,9H,3,8H2,1-2H3,(H,19,20)/t9-/m0/s1. The number of hydrogen-bond acceptors (Lipinski definition) is 4. The third-order valence-electron chi connectivity index (χ3n) is 3.16. The first-order valence-electron chi connectivity index (χ1n) is 6.59. The summed E-state index contributed by atoms with van der Waals surface area (Å²) >= 11 is 0. The molecule has 7 heteroatoms. The topological polar surface area (TPSA) is 79.5 Å². The molecule has 0 radical (unpaired) electrons. The van der Waals surface area contributed by atoms with Gasteiger partial charge in [-0.15, -0.1) is 0 Å². The van der Waals surface area contributed by atoms with Crippen molar-refractivity contribution in [3.8, 4) is 11.5 Å². The van der Waals surface area contributed by atoms with E-state index in [2.05, 4.69) is 10.1 Å². The minimum Gasteiger partial charge on any atom is -0.465 e. The fourth-order valence-corrected chi connectivity index (χ4v) is 2.06. The molecule has 0 aliphatic heterocycles. The molecule has 0 aliphatic rings. The largest absolute Gasteiger partial charge is 0.465 e. The monoisotopic (exact) mass is 293 g/mol. The maximum atomic E-state index is 12.9. The second kappa shape index (κ2) is 6.34. The molecular formula is C14H16FN3O3. The number of nitrogens with zero attached hydrogens (tertiary/aromatic N) is 3. The summed E-state index contributed by atoms with van der Waals surface area (Å²) in [6, 6.07) is 5.46. The quantitative estimate of drug-likeness (QED) is 0.917. The zero-order valence-corrected chi connectivity index (χ0v) is 11.8. The molecule has 0 saturated carbocycles. The van der Waals surface area contributed by atoms with E-state index in [4.69, 9.17) is 9.63 Å². The summed E-state index contributed by atoms with van der Waals surface area (Å²) in [5, 5.41) is 12.9. The zero-order chi connectivity index (χ0) is 15.4. The molecule has 1 atom stereocenters. The molecule has 6 nitrogen and oxygen atoms in total. The van der Waals surface area contributed by atoms with E-state index >= 15 is 0 Å². The Hall–Kier alpha value is -2.44. The second-order valence-electron chi connectivity index (χ2n) is 4.64. The molecule has 1 amide bonds. The normalized spacial score (nSPS) is 12.1. The lowest BCUT2D eigenvalue weighted by Crippen LogP contribution is -2.38. The first-order chi connectivity index (χ1) is 10.0. The second-order valence-corrected chi connectivity index (χ2v) is 4.64. The molecule has 0 bridgehead atoms. The number of likely N-dealkylation sites (N-methyl/N-ethyl adjacent to an activating group) is 1. The lowest BCUT2D eigenvalue weighted by Gasteiger charge is -2.23. The van der Waals surface area contributed by atoms with Gasteiger partial charge in [0.1, 0.15) is 5.82 Å². The Morgan fingerprint density at radius 1 is 1.43 bits per heavy atom. The van der Waals surface area contributed by atoms with E-state index in [0.29, 0.717) is 24.4 Å². The van der Waals surface area contributed by atoms with Crippen molar-refractivity contribution < 1.29 is 18.8 Å². The van der Waals surface area contributed by atoms with E-state index in [0.717, 1.165) is 0 Å². The van der Waals surface area contributed by atoms with Gasteiger partial charge in [-0.2, -0.15) is 4.98 Å². The molecule has 1 N–H and O–H groups in total. The Morgan fingerprint density at radius 3 is 2.67 bits per heavy atom. The molecule has 2 rings (SSSR count). The molecule has 2 aromatic rings. The van der Waals surface area contributed by atoms with Gasteiger partial charge in [0.25, 0.3) is 5.89 Å². The lowest BCUT2D eigenvalue weighted by molar-refractivity contribution is 0.130. The van der Waals surface area contributed by atoms with Crippen LogP contribution in [0.15, 0.2) is 28.8 Å². The van der Waals surface area contributed by atoms with Crippen LogP contribution in [0, 0.1) is 5.82 Å². The highest BCUT2D eigenvalue weighted by Gasteiger charge is 2.20. The summed E-state index contributed by atoms with van der Waals surface area (Å²) in [6.07, 6.45) is -0.627. The molecule has 0 fully saturated rings. The van der Waals surface area contributed by atoms with Gasteiger partial charge >= 0.3 is 6.09 Å². The molecule has 0 unspecified atom stereocenters. The SMILES string of the molecule is CCN(C(=O)O)[C@@H](C)Cc1noc(-c2ccc(F)cc2)n1. The predicted molar refractivity (Wildman–Crippen MR) is 73.3 cm³/mol. The maximum absolute atomic E-state index is 12.9. The third-order valence-corrected chi connectivity index (χ3v) is 3.16. The summed E-state index contributed by atoms with van der Waals surface area (Å²) in [5.41, 5.74) is 0.619. The van der Waals surface area contributed by atoms with E-state index in [9.17, 15) is 9.18 Å². The van der Waals surface area contributed by atoms with Gasteiger partial charge in [-0.05, 0) is 38.1 Å². The van der Waals surface area contributed by atoms with Crippen LogP contribution in [0.3, 0.4) is 0 Å². The predicted octanol–water partition coefficient (Wildman–Crippen LogP) is 2.81. The van der Waals surface area contributed by atoms with Crippen LogP contribution in [-0.4, -0.2) is 38.8 Å². The highest BCUT2D eigenvalue weighted by molar-refractivity contribution is 5.65. The number of aromatic nitrogens is 2. The first kappa shape index (κ1) is 15.0. The number of rotatable bonds is 5. The van der Waals surface area contributed by atoms with Gasteiger partial charge in [-0.3, -0.25) is 0 Å². The Kier molecular flexibility index (Phi) is 4.52. The first-order valence-corrected chi connectivity index (χ1v) is 6.59. The van der Waals surface area contributed by atoms with Crippen molar-refractivity contribution in [2.75, 3.05) is 6.54 Å². The molecule has 0 spiro atoms. The number of halogens is 1. The number of benzene rings is 1. The van der Waals surface area contributed by atoms with Crippen LogP contribution >= 0.6 is 0 Å². The van der Waals surface area contributed by atoms with Crippen molar-refractivity contribution >= 4 is 6.09 Å². The molecule has 112 valence electrons. The average Bonchev–Trinajstić information content (AvgIpc) is 2.88. The van der Waals surface area contributed by atoms with Crippen LogP contribution in [0.4, 0.5) is 9.18 Å². The Balaban J connectivity index is 2.09. The van der Waals surface area contributed by atoms with Crippen molar-refractivity contribution in [3.63, 3.8) is 0 Å². The molecular weight excluding hydrogens is 277 g/mol. The van der Waals surface area contributed by atoms with E-state index in [1.54, 1.807) is 26.0 Å². The highest BCUT2D eigenvalue weighted by atomic mass is 19.1. The summed E-state index contributed by atoms with van der Waals surface area (Å²) in [5.74, 6) is 0.365. The van der Waals surface area contributed by atoms with Crippen molar-refractivity contribution in [2.24, 2.45) is 0 Å². The Bertz CT molecular complexity index is 612. The van der Waals surface area contributed by atoms with E-state index in [1.165, 1.54) is 17.0 Å². The van der Waals surface area contributed by atoms with Crippen molar-refractivity contribution in [2.45, 2.75) is 26.3 Å². The third kappa shape index (κ3) is 3.56. The van der Waals surface area contributed by atoms with Crippen molar-refractivity contribution in [1.82, 2.24) is 15.0 Å². The highest BCUT2D eigenvalue weighted by Crippen LogP contribution is 2.18. The van der Waals surface area contributed by atoms with Crippen LogP contribution in [0.1, 0.15) is 19.7 Å². The molecule has 0 saturated heterocycles. The molecule has 1 aromatic heterocycles. The van der Waals surface area contributed by atoms with E-state index in [1.807, 2.05) is 0 Å². The average molecular weight is 293 g/mol. The van der Waals surface area contributed by atoms with Gasteiger partial charge in [0.2, 0.25) is 0 Å². The van der Waals surface area contributed by atoms with Gasteiger partial charge in [0, 0.05) is 24.6 Å². The summed E-state index contributed by atoms with van der Waals surface area (Å²) in [7, 11) is 0.